The third-order valence-electron chi connectivity index (χ3n) is 8.48. The van der Waals surface area contributed by atoms with Crippen LogP contribution in [0.15, 0.2) is 72.8 Å². The number of rotatable bonds is 6. The second-order valence-electron chi connectivity index (χ2n) is 11.0. The molecule has 3 fully saturated rings. The number of hydrogen-bond acceptors (Lipinski definition) is 4. The van der Waals surface area contributed by atoms with Gasteiger partial charge in [0, 0.05) is 53.9 Å². The number of fused-ring (bicyclic) bond motifs is 1. The molecule has 1 saturated carbocycles. The second-order valence-corrected chi connectivity index (χ2v) is 11.0. The molecule has 3 aliphatic rings. The molecule has 4 aromatic rings. The lowest BCUT2D eigenvalue weighted by atomic mass is 9.73. The van der Waals surface area contributed by atoms with Crippen LogP contribution in [0.2, 0.25) is 0 Å². The molecule has 2 aliphatic heterocycles. The lowest BCUT2D eigenvalue weighted by molar-refractivity contribution is -0.000191. The van der Waals surface area contributed by atoms with Gasteiger partial charge in [-0.15, -0.1) is 0 Å². The van der Waals surface area contributed by atoms with Crippen LogP contribution in [-0.2, 0) is 4.74 Å². The number of nitrogens with zero attached hydrogens (tertiary/aromatic N) is 2. The predicted molar refractivity (Wildman–Crippen MR) is 146 cm³/mol. The van der Waals surface area contributed by atoms with Gasteiger partial charge in [0.15, 0.2) is 0 Å². The number of hydrogen-bond donors (Lipinski definition) is 2. The first-order chi connectivity index (χ1) is 18.2. The van der Waals surface area contributed by atoms with E-state index in [9.17, 15) is 4.79 Å². The zero-order chi connectivity index (χ0) is 24.8. The van der Waals surface area contributed by atoms with E-state index in [0.717, 1.165) is 61.3 Å². The third-order valence-corrected chi connectivity index (χ3v) is 8.48. The molecule has 6 heteroatoms. The highest BCUT2D eigenvalue weighted by molar-refractivity contribution is 6.01. The van der Waals surface area contributed by atoms with Crippen molar-refractivity contribution >= 4 is 22.5 Å². The van der Waals surface area contributed by atoms with E-state index < -0.39 is 0 Å². The van der Waals surface area contributed by atoms with Crippen LogP contribution >= 0.6 is 0 Å². The van der Waals surface area contributed by atoms with Crippen molar-refractivity contribution in [2.75, 3.05) is 31.2 Å². The lowest BCUT2D eigenvalue weighted by Gasteiger charge is -2.53. The number of ether oxygens (including phenoxy) is 1. The molecule has 0 bridgehead atoms. The first-order valence-electron chi connectivity index (χ1n) is 13.4. The largest absolute Gasteiger partial charge is 0.381 e. The Balaban J connectivity index is 1.10. The monoisotopic (exact) mass is 492 g/mol. The molecular formula is C31H32N4O2. The van der Waals surface area contributed by atoms with Crippen LogP contribution in [-0.4, -0.2) is 42.4 Å². The molecule has 2 saturated heterocycles. The fourth-order valence-electron chi connectivity index (χ4n) is 6.06. The van der Waals surface area contributed by atoms with Crippen LogP contribution in [0.25, 0.3) is 22.2 Å². The minimum absolute atomic E-state index is 0.0371. The quantitative estimate of drug-likeness (QED) is 0.361. The van der Waals surface area contributed by atoms with Gasteiger partial charge in [-0.25, -0.2) is 0 Å². The summed E-state index contributed by atoms with van der Waals surface area (Å²) in [6.45, 7) is 4.02. The van der Waals surface area contributed by atoms with Gasteiger partial charge in [-0.3, -0.25) is 9.89 Å². The van der Waals surface area contributed by atoms with Crippen molar-refractivity contribution in [3.05, 3.63) is 83.9 Å². The van der Waals surface area contributed by atoms with E-state index in [1.54, 1.807) is 0 Å². The SMILES string of the molecule is O=C(N[C@H](c1ccccc1)C1CC1)c1ccc2[nH]nc(-c3ccc(N4CC5(CCOCC5)C4)cc3)c2c1. The van der Waals surface area contributed by atoms with Gasteiger partial charge in [0.05, 0.1) is 17.3 Å². The normalized spacial score (nSPS) is 19.5. The van der Waals surface area contributed by atoms with Crippen LogP contribution in [0.5, 0.6) is 0 Å². The molecule has 6 nitrogen and oxygen atoms in total. The average Bonchev–Trinajstić information content (AvgIpc) is 3.69. The minimum atomic E-state index is -0.0371. The molecule has 37 heavy (non-hydrogen) atoms. The summed E-state index contributed by atoms with van der Waals surface area (Å²) in [5.41, 5.74) is 6.40. The molecule has 2 N–H and O–H groups in total. The maximum absolute atomic E-state index is 13.3. The highest BCUT2D eigenvalue weighted by atomic mass is 16.5. The van der Waals surface area contributed by atoms with Gasteiger partial charge in [-0.1, -0.05) is 42.5 Å². The number of benzene rings is 3. The number of aromatic nitrogens is 2. The van der Waals surface area contributed by atoms with E-state index in [1.807, 2.05) is 36.4 Å². The number of nitrogens with one attached hydrogen (secondary N) is 2. The van der Waals surface area contributed by atoms with E-state index in [2.05, 4.69) is 56.8 Å². The summed E-state index contributed by atoms with van der Waals surface area (Å²) in [5, 5.41) is 12.0. The Kier molecular flexibility index (Phi) is 5.50. The summed E-state index contributed by atoms with van der Waals surface area (Å²) in [4.78, 5) is 15.8. The number of carbonyl (C=O) groups excluding carboxylic acids is 1. The number of anilines is 1. The molecule has 1 atom stereocenters. The predicted octanol–water partition coefficient (Wildman–Crippen LogP) is 5.73. The Labute approximate surface area is 217 Å². The van der Waals surface area contributed by atoms with Crippen LogP contribution in [0.3, 0.4) is 0 Å². The first-order valence-corrected chi connectivity index (χ1v) is 13.4. The van der Waals surface area contributed by atoms with Gasteiger partial charge in [0.2, 0.25) is 0 Å². The summed E-state index contributed by atoms with van der Waals surface area (Å²) in [7, 11) is 0. The fourth-order valence-corrected chi connectivity index (χ4v) is 6.06. The van der Waals surface area contributed by atoms with Crippen molar-refractivity contribution in [2.24, 2.45) is 11.3 Å². The highest BCUT2D eigenvalue weighted by Gasteiger charge is 2.43. The van der Waals surface area contributed by atoms with Crippen LogP contribution in [0.4, 0.5) is 5.69 Å². The zero-order valence-corrected chi connectivity index (χ0v) is 21.0. The van der Waals surface area contributed by atoms with Crippen LogP contribution < -0.4 is 10.2 Å². The van der Waals surface area contributed by atoms with E-state index in [-0.39, 0.29) is 11.9 Å². The maximum atomic E-state index is 13.3. The minimum Gasteiger partial charge on any atom is -0.381 e. The molecular weight excluding hydrogens is 460 g/mol. The molecule has 188 valence electrons. The number of aromatic amines is 1. The van der Waals surface area contributed by atoms with E-state index in [4.69, 9.17) is 4.74 Å². The molecule has 1 aromatic heterocycles. The second kappa shape index (κ2) is 9.03. The van der Waals surface area contributed by atoms with Crippen molar-refractivity contribution in [3.8, 4) is 11.3 Å². The molecule has 1 amide bonds. The number of carbonyl (C=O) groups is 1. The van der Waals surface area contributed by atoms with Crippen LogP contribution in [0.1, 0.15) is 47.6 Å². The molecule has 1 spiro atoms. The van der Waals surface area contributed by atoms with E-state index >= 15 is 0 Å². The molecule has 0 unspecified atom stereocenters. The Morgan fingerprint density at radius 1 is 1.00 bits per heavy atom. The molecule has 3 aromatic carbocycles. The van der Waals surface area contributed by atoms with E-state index in [0.29, 0.717) is 16.9 Å². The zero-order valence-electron chi connectivity index (χ0n) is 21.0. The van der Waals surface area contributed by atoms with Gasteiger partial charge >= 0.3 is 0 Å². The summed E-state index contributed by atoms with van der Waals surface area (Å²) in [6, 6.07) is 24.8. The molecule has 1 aliphatic carbocycles. The Hall–Kier alpha value is -3.64. The Bertz CT molecular complexity index is 1410. The smallest absolute Gasteiger partial charge is 0.251 e. The number of H-pyrrole nitrogens is 1. The summed E-state index contributed by atoms with van der Waals surface area (Å²) in [5.74, 6) is 0.482. The number of amides is 1. The third kappa shape index (κ3) is 4.29. The van der Waals surface area contributed by atoms with Gasteiger partial charge in [-0.05, 0) is 67.5 Å². The van der Waals surface area contributed by atoms with E-state index in [1.165, 1.54) is 24.1 Å². The fraction of sp³-hybridized carbons (Fsp3) is 0.355. The van der Waals surface area contributed by atoms with Crippen molar-refractivity contribution in [3.63, 3.8) is 0 Å². The first kappa shape index (κ1) is 22.5. The maximum Gasteiger partial charge on any atom is 0.251 e. The Morgan fingerprint density at radius 3 is 2.49 bits per heavy atom. The summed E-state index contributed by atoms with van der Waals surface area (Å²) in [6.07, 6.45) is 4.66. The van der Waals surface area contributed by atoms with Crippen molar-refractivity contribution in [2.45, 2.75) is 31.7 Å². The van der Waals surface area contributed by atoms with Crippen molar-refractivity contribution in [1.29, 1.82) is 0 Å². The molecule has 3 heterocycles. The lowest BCUT2D eigenvalue weighted by Crippen LogP contribution is -2.58. The van der Waals surface area contributed by atoms with Crippen molar-refractivity contribution in [1.82, 2.24) is 15.5 Å². The molecule has 7 rings (SSSR count). The van der Waals surface area contributed by atoms with Crippen molar-refractivity contribution < 1.29 is 9.53 Å². The topological polar surface area (TPSA) is 70.2 Å². The highest BCUT2D eigenvalue weighted by Crippen LogP contribution is 2.43. The van der Waals surface area contributed by atoms with Gasteiger partial charge in [0.25, 0.3) is 5.91 Å². The van der Waals surface area contributed by atoms with Gasteiger partial charge < -0.3 is 15.0 Å². The molecule has 0 radical (unpaired) electrons. The Morgan fingerprint density at radius 2 is 1.76 bits per heavy atom. The van der Waals surface area contributed by atoms with Gasteiger partial charge in [0.1, 0.15) is 0 Å². The average molecular weight is 493 g/mol. The standard InChI is InChI=1S/C31H32N4O2/c36-30(32-28(22-6-7-22)21-4-2-1-3-5-21)24-10-13-27-26(18-24)29(34-33-27)23-8-11-25(12-9-23)35-19-31(20-35)14-16-37-17-15-31/h1-5,8-13,18,22,28H,6-7,14-17,19-20H2,(H,32,36)(H,33,34)/t28-/m1/s1. The van der Waals surface area contributed by atoms with Gasteiger partial charge in [-0.2, -0.15) is 5.10 Å². The summed E-state index contributed by atoms with van der Waals surface area (Å²) < 4.78 is 5.56. The summed E-state index contributed by atoms with van der Waals surface area (Å²) >= 11 is 0. The van der Waals surface area contributed by atoms with Crippen LogP contribution in [0, 0.1) is 11.3 Å².